The molecule has 1 heterocycles. The van der Waals surface area contributed by atoms with E-state index in [1.54, 1.807) is 23.1 Å². The first-order chi connectivity index (χ1) is 9.01. The third-order valence-electron chi connectivity index (χ3n) is 3.42. The van der Waals surface area contributed by atoms with E-state index in [0.29, 0.717) is 22.0 Å². The fourth-order valence-electron chi connectivity index (χ4n) is 2.38. The second-order valence-electron chi connectivity index (χ2n) is 4.81. The Kier molecular flexibility index (Phi) is 5.03. The van der Waals surface area contributed by atoms with Crippen molar-refractivity contribution in [3.8, 4) is 0 Å². The van der Waals surface area contributed by atoms with Crippen LogP contribution < -0.4 is 0 Å². The van der Waals surface area contributed by atoms with Crippen molar-refractivity contribution in [1.29, 1.82) is 0 Å². The summed E-state index contributed by atoms with van der Waals surface area (Å²) in [6.45, 7) is 0.404. The lowest BCUT2D eigenvalue weighted by Crippen LogP contribution is -2.35. The molecule has 2 rings (SSSR count). The summed E-state index contributed by atoms with van der Waals surface area (Å²) in [7, 11) is 0. The van der Waals surface area contributed by atoms with Crippen molar-refractivity contribution >= 4 is 23.2 Å². The van der Waals surface area contributed by atoms with E-state index in [1.807, 2.05) is 0 Å². The number of aliphatic hydroxyl groups is 2. The van der Waals surface area contributed by atoms with E-state index in [1.165, 1.54) is 0 Å². The molecule has 6 heteroatoms. The van der Waals surface area contributed by atoms with Gasteiger partial charge in [-0.05, 0) is 24.1 Å². The lowest BCUT2D eigenvalue weighted by Gasteiger charge is -2.25. The lowest BCUT2D eigenvalue weighted by molar-refractivity contribution is 0.0839. The van der Waals surface area contributed by atoms with Crippen LogP contribution in [-0.2, 0) is 0 Å². The van der Waals surface area contributed by atoms with Gasteiger partial charge in [-0.3, -0.25) is 4.90 Å². The molecule has 0 aromatic heterocycles. The molecule has 2 unspecified atom stereocenters. The Morgan fingerprint density at radius 2 is 2.11 bits per heavy atom. The fourth-order valence-corrected chi connectivity index (χ4v) is 2.69. The number of halogens is 3. The number of hydrogen-bond acceptors (Lipinski definition) is 3. The van der Waals surface area contributed by atoms with E-state index in [4.69, 9.17) is 23.2 Å². The van der Waals surface area contributed by atoms with E-state index in [9.17, 15) is 14.6 Å². The Balaban J connectivity index is 2.04. The third kappa shape index (κ3) is 3.58. The molecule has 1 fully saturated rings. The van der Waals surface area contributed by atoms with Gasteiger partial charge in [0, 0.05) is 19.1 Å². The van der Waals surface area contributed by atoms with Crippen LogP contribution in [0.15, 0.2) is 18.2 Å². The molecular formula is C13H16Cl2FNO2. The highest BCUT2D eigenvalue weighted by atomic mass is 35.5. The number of alkyl halides is 1. The average molecular weight is 308 g/mol. The largest absolute Gasteiger partial charge is 0.395 e. The Bertz CT molecular complexity index is 447. The summed E-state index contributed by atoms with van der Waals surface area (Å²) in [5.41, 5.74) is 0.633. The molecule has 1 aromatic rings. The topological polar surface area (TPSA) is 43.7 Å². The number of nitrogens with zero attached hydrogens (tertiary/aromatic N) is 1. The number of hydrogen-bond donors (Lipinski definition) is 2. The molecule has 3 atom stereocenters. The predicted molar refractivity (Wildman–Crippen MR) is 73.4 cm³/mol. The Morgan fingerprint density at radius 3 is 2.74 bits per heavy atom. The molecular weight excluding hydrogens is 292 g/mol. The zero-order chi connectivity index (χ0) is 14.0. The molecule has 106 valence electrons. The Hall–Kier alpha value is -0.390. The molecule has 0 radical (unpaired) electrons. The van der Waals surface area contributed by atoms with Crippen molar-refractivity contribution in [2.45, 2.75) is 24.7 Å². The third-order valence-corrected chi connectivity index (χ3v) is 4.16. The highest BCUT2D eigenvalue weighted by molar-refractivity contribution is 6.42. The van der Waals surface area contributed by atoms with Gasteiger partial charge < -0.3 is 10.2 Å². The van der Waals surface area contributed by atoms with Gasteiger partial charge in [-0.1, -0.05) is 29.3 Å². The van der Waals surface area contributed by atoms with Gasteiger partial charge in [0.15, 0.2) is 0 Å². The number of rotatable bonds is 4. The molecule has 0 saturated carbocycles. The molecule has 0 spiro atoms. The number of β-amino-alcohol motifs (C(OH)–C–C–N with tert-alkyl or cyclic N) is 1. The van der Waals surface area contributed by atoms with Crippen LogP contribution in [0.1, 0.15) is 18.1 Å². The van der Waals surface area contributed by atoms with Crippen molar-refractivity contribution in [2.24, 2.45) is 0 Å². The smallest absolute Gasteiger partial charge is 0.114 e. The van der Waals surface area contributed by atoms with Crippen molar-refractivity contribution in [3.05, 3.63) is 33.8 Å². The molecule has 0 bridgehead atoms. The molecule has 1 saturated heterocycles. The van der Waals surface area contributed by atoms with Gasteiger partial charge in [0.05, 0.1) is 22.8 Å². The predicted octanol–water partition coefficient (Wildman–Crippen LogP) is 2.43. The SMILES string of the molecule is OCC1CC(F)CN1C[C@@H](O)c1ccc(Cl)c(Cl)c1. The van der Waals surface area contributed by atoms with Gasteiger partial charge >= 0.3 is 0 Å². The first-order valence-electron chi connectivity index (χ1n) is 6.13. The molecule has 0 aliphatic carbocycles. The van der Waals surface area contributed by atoms with Crippen LogP contribution >= 0.6 is 23.2 Å². The van der Waals surface area contributed by atoms with E-state index < -0.39 is 12.3 Å². The number of benzene rings is 1. The number of likely N-dealkylation sites (tertiary alicyclic amines) is 1. The fraction of sp³-hybridized carbons (Fsp3) is 0.538. The highest BCUT2D eigenvalue weighted by Gasteiger charge is 2.32. The minimum atomic E-state index is -0.946. The Labute approximate surface area is 121 Å². The maximum atomic E-state index is 13.3. The molecule has 1 aliphatic heterocycles. The van der Waals surface area contributed by atoms with Gasteiger partial charge in [0.1, 0.15) is 6.17 Å². The highest BCUT2D eigenvalue weighted by Crippen LogP contribution is 2.28. The van der Waals surface area contributed by atoms with E-state index in [0.717, 1.165) is 0 Å². The summed E-state index contributed by atoms with van der Waals surface area (Å²) in [5.74, 6) is 0. The standard InChI is InChI=1S/C13H16Cl2FNO2/c14-11-2-1-8(3-12(11)15)13(19)6-17-5-9(16)4-10(17)7-18/h1-3,9-10,13,18-19H,4-7H2/t9?,10?,13-/m1/s1. The molecule has 19 heavy (non-hydrogen) atoms. The zero-order valence-electron chi connectivity index (χ0n) is 10.3. The van der Waals surface area contributed by atoms with Gasteiger partial charge in [-0.25, -0.2) is 4.39 Å². The molecule has 2 N–H and O–H groups in total. The van der Waals surface area contributed by atoms with Crippen molar-refractivity contribution < 1.29 is 14.6 Å². The summed E-state index contributed by atoms with van der Waals surface area (Å²) in [5, 5.41) is 20.1. The van der Waals surface area contributed by atoms with E-state index >= 15 is 0 Å². The van der Waals surface area contributed by atoms with E-state index in [2.05, 4.69) is 0 Å². The van der Waals surface area contributed by atoms with Gasteiger partial charge in [0.25, 0.3) is 0 Å². The summed E-state index contributed by atoms with van der Waals surface area (Å²) < 4.78 is 13.3. The summed E-state index contributed by atoms with van der Waals surface area (Å²) in [4.78, 5) is 1.76. The zero-order valence-corrected chi connectivity index (χ0v) is 11.8. The average Bonchev–Trinajstić information content (AvgIpc) is 2.72. The summed E-state index contributed by atoms with van der Waals surface area (Å²) in [6.07, 6.45) is -1.42. The number of aliphatic hydroxyl groups excluding tert-OH is 2. The molecule has 3 nitrogen and oxygen atoms in total. The minimum Gasteiger partial charge on any atom is -0.395 e. The molecule has 1 aliphatic rings. The van der Waals surface area contributed by atoms with Crippen LogP contribution in [0.2, 0.25) is 10.0 Å². The molecule has 1 aromatic carbocycles. The van der Waals surface area contributed by atoms with Gasteiger partial charge in [0.2, 0.25) is 0 Å². The van der Waals surface area contributed by atoms with Crippen LogP contribution in [0.5, 0.6) is 0 Å². The van der Waals surface area contributed by atoms with Crippen LogP contribution in [0.3, 0.4) is 0 Å². The van der Waals surface area contributed by atoms with Crippen molar-refractivity contribution in [1.82, 2.24) is 4.90 Å². The Morgan fingerprint density at radius 1 is 1.37 bits per heavy atom. The monoisotopic (exact) mass is 307 g/mol. The maximum Gasteiger partial charge on any atom is 0.114 e. The van der Waals surface area contributed by atoms with Gasteiger partial charge in [-0.2, -0.15) is 0 Å². The van der Waals surface area contributed by atoms with Gasteiger partial charge in [-0.15, -0.1) is 0 Å². The van der Waals surface area contributed by atoms with Crippen LogP contribution in [0, 0.1) is 0 Å². The summed E-state index contributed by atoms with van der Waals surface area (Å²) >= 11 is 11.7. The normalized spacial score (nSPS) is 25.7. The first-order valence-corrected chi connectivity index (χ1v) is 6.89. The van der Waals surface area contributed by atoms with Crippen molar-refractivity contribution in [2.75, 3.05) is 19.7 Å². The minimum absolute atomic E-state index is 0.103. The van der Waals surface area contributed by atoms with E-state index in [-0.39, 0.29) is 25.7 Å². The van der Waals surface area contributed by atoms with Crippen molar-refractivity contribution in [3.63, 3.8) is 0 Å². The second-order valence-corrected chi connectivity index (χ2v) is 5.63. The lowest BCUT2D eigenvalue weighted by atomic mass is 10.1. The quantitative estimate of drug-likeness (QED) is 0.898. The van der Waals surface area contributed by atoms with Crippen LogP contribution in [0.4, 0.5) is 4.39 Å². The molecule has 0 amide bonds. The van der Waals surface area contributed by atoms with Crippen LogP contribution in [-0.4, -0.2) is 47.0 Å². The summed E-state index contributed by atoms with van der Waals surface area (Å²) in [6, 6.07) is 4.68. The first kappa shape index (κ1) is 15.0. The second kappa shape index (κ2) is 6.37. The van der Waals surface area contributed by atoms with Crippen LogP contribution in [0.25, 0.3) is 0 Å². The maximum absolute atomic E-state index is 13.3.